The number of amides is 2. The van der Waals surface area contributed by atoms with Crippen LogP contribution in [0, 0.1) is 23.7 Å². The molecule has 2 amide bonds. The van der Waals surface area contributed by atoms with Crippen LogP contribution >= 0.6 is 0 Å². The molecule has 0 unspecified atom stereocenters. The van der Waals surface area contributed by atoms with Crippen molar-refractivity contribution in [3.63, 3.8) is 0 Å². The second kappa shape index (κ2) is 17.4. The van der Waals surface area contributed by atoms with Gasteiger partial charge in [0.05, 0.1) is 25.3 Å². The summed E-state index contributed by atoms with van der Waals surface area (Å²) in [4.78, 5) is 57.6. The Kier molecular flexibility index (Phi) is 12.3. The topological polar surface area (TPSA) is 112 Å². The Bertz CT molecular complexity index is 2190. The van der Waals surface area contributed by atoms with Crippen molar-refractivity contribution in [2.75, 3.05) is 13.2 Å². The van der Waals surface area contributed by atoms with Crippen molar-refractivity contribution in [2.24, 2.45) is 23.7 Å². The molecule has 0 spiro atoms. The lowest BCUT2D eigenvalue weighted by Crippen LogP contribution is -2.44. The van der Waals surface area contributed by atoms with Gasteiger partial charge in [0.25, 0.3) is 0 Å². The van der Waals surface area contributed by atoms with Crippen molar-refractivity contribution < 1.29 is 38.1 Å². The van der Waals surface area contributed by atoms with Gasteiger partial charge < -0.3 is 28.7 Å². The standard InChI is InChI=1S/C52H64N2O8/c1-31(2)45-47(39-29-59-51(5,6)53(39)49(45)57)37-25-27-41(35-21-17-15-19-33(35)37)61-43(55)23-13-11-9-10-12-14-24-44(56)62-42-28-26-38(34-20-16-18-22-36(34)42)48-40-30-60-52(7,8)54(40)50(58)46(48)32(3)4/h15-22,25-28,31-32,39-40,45-48H,9-14,23-24,29-30H2,1-8H3/t39-,40-,45-,46-,47-,48-/m1/s1. The first-order valence-corrected chi connectivity index (χ1v) is 23.0. The normalized spacial score (nSPS) is 25.1. The molecule has 62 heavy (non-hydrogen) atoms. The van der Waals surface area contributed by atoms with Crippen molar-refractivity contribution >= 4 is 45.3 Å². The third-order valence-corrected chi connectivity index (χ3v) is 14.1. The smallest absolute Gasteiger partial charge is 0.311 e. The molecule has 330 valence electrons. The molecule has 4 saturated heterocycles. The molecule has 4 heterocycles. The summed E-state index contributed by atoms with van der Waals surface area (Å²) in [5, 5.41) is 3.74. The maximum atomic E-state index is 13.8. The van der Waals surface area contributed by atoms with Crippen LogP contribution in [-0.4, -0.2) is 70.3 Å². The zero-order valence-corrected chi connectivity index (χ0v) is 37.8. The van der Waals surface area contributed by atoms with Crippen LogP contribution in [0.15, 0.2) is 72.8 Å². The zero-order chi connectivity index (χ0) is 44.1. The molecule has 8 rings (SSSR count). The second-order valence-corrected chi connectivity index (χ2v) is 19.6. The lowest BCUT2D eigenvalue weighted by molar-refractivity contribution is -0.147. The fraction of sp³-hybridized carbons (Fsp3) is 0.538. The number of fused-ring (bicyclic) bond motifs is 4. The minimum absolute atomic E-state index is 0.0282. The van der Waals surface area contributed by atoms with Crippen LogP contribution in [-0.2, 0) is 28.7 Å². The van der Waals surface area contributed by atoms with E-state index in [0.29, 0.717) is 37.6 Å². The number of carbonyl (C=O) groups is 4. The third-order valence-electron chi connectivity index (χ3n) is 14.1. The molecule has 0 saturated carbocycles. The quantitative estimate of drug-likeness (QED) is 0.0661. The molecule has 10 nitrogen and oxygen atoms in total. The molecule has 0 bridgehead atoms. The van der Waals surface area contributed by atoms with Gasteiger partial charge in [-0.2, -0.15) is 0 Å². The van der Waals surface area contributed by atoms with Gasteiger partial charge in [0.15, 0.2) is 0 Å². The molecule has 0 aromatic heterocycles. The molecule has 4 fully saturated rings. The zero-order valence-electron chi connectivity index (χ0n) is 37.8. The molecule has 6 atom stereocenters. The number of esters is 2. The average Bonchev–Trinajstić information content (AvgIpc) is 3.93. The number of carbonyl (C=O) groups excluding carboxylic acids is 4. The Balaban J connectivity index is 0.805. The highest BCUT2D eigenvalue weighted by atomic mass is 16.5. The molecular weight excluding hydrogens is 781 g/mol. The largest absolute Gasteiger partial charge is 0.426 e. The highest BCUT2D eigenvalue weighted by molar-refractivity contribution is 5.96. The van der Waals surface area contributed by atoms with E-state index in [0.717, 1.165) is 71.2 Å². The van der Waals surface area contributed by atoms with E-state index in [4.69, 9.17) is 18.9 Å². The van der Waals surface area contributed by atoms with Gasteiger partial charge in [-0.3, -0.25) is 19.2 Å². The van der Waals surface area contributed by atoms with E-state index >= 15 is 0 Å². The summed E-state index contributed by atoms with van der Waals surface area (Å²) < 4.78 is 24.1. The number of nitrogens with zero attached hydrogens (tertiary/aromatic N) is 2. The van der Waals surface area contributed by atoms with Gasteiger partial charge in [-0.15, -0.1) is 0 Å². The molecule has 0 radical (unpaired) electrons. The molecular formula is C52H64N2O8. The summed E-state index contributed by atoms with van der Waals surface area (Å²) in [5.41, 5.74) is 0.910. The number of hydrogen-bond acceptors (Lipinski definition) is 8. The van der Waals surface area contributed by atoms with Crippen LogP contribution in [0.4, 0.5) is 0 Å². The summed E-state index contributed by atoms with van der Waals surface area (Å²) in [6.07, 6.45) is 5.82. The fourth-order valence-corrected chi connectivity index (χ4v) is 11.3. The molecule has 0 N–H and O–H groups in total. The van der Waals surface area contributed by atoms with Gasteiger partial charge in [-0.25, -0.2) is 0 Å². The highest BCUT2D eigenvalue weighted by Crippen LogP contribution is 2.52. The predicted molar refractivity (Wildman–Crippen MR) is 240 cm³/mol. The van der Waals surface area contributed by atoms with Crippen LogP contribution in [0.2, 0.25) is 0 Å². The summed E-state index contributed by atoms with van der Waals surface area (Å²) >= 11 is 0. The van der Waals surface area contributed by atoms with Crippen LogP contribution in [0.5, 0.6) is 11.5 Å². The van der Waals surface area contributed by atoms with E-state index in [1.807, 2.05) is 98.2 Å². The average molecular weight is 845 g/mol. The van der Waals surface area contributed by atoms with Gasteiger partial charge in [0.1, 0.15) is 22.9 Å². The monoisotopic (exact) mass is 844 g/mol. The number of hydrogen-bond donors (Lipinski definition) is 0. The molecule has 4 aromatic rings. The van der Waals surface area contributed by atoms with Crippen molar-refractivity contribution in [1.82, 2.24) is 9.80 Å². The summed E-state index contributed by atoms with van der Waals surface area (Å²) in [6.45, 7) is 17.3. The number of ether oxygens (including phenoxy) is 4. The predicted octanol–water partition coefficient (Wildman–Crippen LogP) is 10.3. The van der Waals surface area contributed by atoms with Crippen LogP contribution in [0.3, 0.4) is 0 Å². The van der Waals surface area contributed by atoms with E-state index < -0.39 is 11.4 Å². The van der Waals surface area contributed by atoms with Crippen LogP contribution in [0.25, 0.3) is 21.5 Å². The van der Waals surface area contributed by atoms with E-state index in [9.17, 15) is 19.2 Å². The maximum absolute atomic E-state index is 13.8. The van der Waals surface area contributed by atoms with E-state index in [2.05, 4.69) is 39.8 Å². The van der Waals surface area contributed by atoms with E-state index in [-0.39, 0.29) is 71.3 Å². The number of rotatable bonds is 15. The Morgan fingerprint density at radius 2 is 0.919 bits per heavy atom. The summed E-state index contributed by atoms with van der Waals surface area (Å²) in [6, 6.07) is 23.8. The first kappa shape index (κ1) is 43.8. The van der Waals surface area contributed by atoms with Gasteiger partial charge in [-0.05, 0) is 86.4 Å². The fourth-order valence-electron chi connectivity index (χ4n) is 11.3. The minimum atomic E-state index is -0.639. The number of unbranched alkanes of at least 4 members (excludes halogenated alkanes) is 5. The molecule has 10 heteroatoms. The third kappa shape index (κ3) is 8.02. The van der Waals surface area contributed by atoms with E-state index in [1.54, 1.807) is 0 Å². The lowest BCUT2D eigenvalue weighted by atomic mass is 9.77. The van der Waals surface area contributed by atoms with Gasteiger partial charge >= 0.3 is 11.9 Å². The van der Waals surface area contributed by atoms with Crippen molar-refractivity contribution in [3.05, 3.63) is 83.9 Å². The summed E-state index contributed by atoms with van der Waals surface area (Å²) in [7, 11) is 0. The van der Waals surface area contributed by atoms with Gasteiger partial charge in [0, 0.05) is 47.3 Å². The van der Waals surface area contributed by atoms with Gasteiger partial charge in [0.2, 0.25) is 11.8 Å². The molecule has 4 aromatic carbocycles. The summed E-state index contributed by atoms with van der Waals surface area (Å²) in [5.74, 6) is 0.821. The molecule has 0 aliphatic carbocycles. The SMILES string of the molecule is CC(C)[C@H]1C(=O)N2[C@H](COC2(C)C)[C@H]1c1ccc(OC(=O)CCCCCCCCC(=O)Oc2ccc([C@H]3[C@@H](C(C)C)C(=O)N4[C@@H]3COC4(C)C)c3ccccc23)c2ccccc12. The first-order valence-electron chi connectivity index (χ1n) is 23.0. The minimum Gasteiger partial charge on any atom is -0.426 e. The van der Waals surface area contributed by atoms with Gasteiger partial charge in [-0.1, -0.05) is 114 Å². The molecule has 4 aliphatic rings. The Labute approximate surface area is 366 Å². The Morgan fingerprint density at radius 1 is 0.565 bits per heavy atom. The van der Waals surface area contributed by atoms with Crippen LogP contribution < -0.4 is 9.47 Å². The maximum Gasteiger partial charge on any atom is 0.311 e. The second-order valence-electron chi connectivity index (χ2n) is 19.6. The Morgan fingerprint density at radius 3 is 1.29 bits per heavy atom. The lowest BCUT2D eigenvalue weighted by Gasteiger charge is -2.30. The first-order chi connectivity index (χ1) is 29.6. The van der Waals surface area contributed by atoms with Crippen molar-refractivity contribution in [3.8, 4) is 11.5 Å². The van der Waals surface area contributed by atoms with Crippen molar-refractivity contribution in [2.45, 2.75) is 142 Å². The number of benzene rings is 4. The van der Waals surface area contributed by atoms with Crippen molar-refractivity contribution in [1.29, 1.82) is 0 Å². The Hall–Kier alpha value is -4.80. The molecule has 4 aliphatic heterocycles. The van der Waals surface area contributed by atoms with Crippen LogP contribution in [0.1, 0.15) is 130 Å². The van der Waals surface area contributed by atoms with E-state index in [1.165, 1.54) is 0 Å². The highest BCUT2D eigenvalue weighted by Gasteiger charge is 2.59.